The molecule has 1 saturated heterocycles. The lowest BCUT2D eigenvalue weighted by atomic mass is 10.2. The van der Waals surface area contributed by atoms with Crippen LogP contribution in [0, 0.1) is 0 Å². The molecule has 5 heteroatoms. The largest absolute Gasteiger partial charge is 0.480 e. The van der Waals surface area contributed by atoms with Crippen LogP contribution in [0.2, 0.25) is 0 Å². The van der Waals surface area contributed by atoms with E-state index in [9.17, 15) is 9.59 Å². The van der Waals surface area contributed by atoms with Crippen molar-refractivity contribution in [1.82, 2.24) is 9.80 Å². The number of amides is 1. The van der Waals surface area contributed by atoms with Crippen molar-refractivity contribution in [1.29, 1.82) is 0 Å². The van der Waals surface area contributed by atoms with Gasteiger partial charge >= 0.3 is 5.97 Å². The van der Waals surface area contributed by atoms with Gasteiger partial charge in [0.1, 0.15) is 6.54 Å². The third-order valence-corrected chi connectivity index (χ3v) is 4.23. The molecule has 2 aliphatic rings. The van der Waals surface area contributed by atoms with Crippen molar-refractivity contribution in [3.8, 4) is 0 Å². The average Bonchev–Trinajstić information content (AvgIpc) is 3.05. The summed E-state index contributed by atoms with van der Waals surface area (Å²) in [5.41, 5.74) is 0. The Morgan fingerprint density at radius 3 is 2.32 bits per heavy atom. The summed E-state index contributed by atoms with van der Waals surface area (Å²) in [6.07, 6.45) is 7.04. The van der Waals surface area contributed by atoms with Crippen LogP contribution in [-0.4, -0.2) is 59.0 Å². The predicted molar refractivity (Wildman–Crippen MR) is 71.9 cm³/mol. The van der Waals surface area contributed by atoms with Crippen molar-refractivity contribution in [2.24, 2.45) is 0 Å². The first kappa shape index (κ1) is 14.3. The van der Waals surface area contributed by atoms with Crippen LogP contribution in [0.5, 0.6) is 0 Å². The molecule has 1 saturated carbocycles. The standard InChI is InChI=1S/C14H24N2O3/c17-13(7-10-15-8-3-4-9-15)16(11-14(18)19)12-5-1-2-6-12/h12H,1-11H2,(H,18,19). The number of aliphatic carboxylic acids is 1. The molecule has 5 nitrogen and oxygen atoms in total. The number of rotatable bonds is 6. The highest BCUT2D eigenvalue weighted by Gasteiger charge is 2.28. The topological polar surface area (TPSA) is 60.9 Å². The number of carbonyl (C=O) groups is 2. The summed E-state index contributed by atoms with van der Waals surface area (Å²) in [6.45, 7) is 2.80. The smallest absolute Gasteiger partial charge is 0.323 e. The molecule has 2 fully saturated rings. The molecule has 0 atom stereocenters. The minimum Gasteiger partial charge on any atom is -0.480 e. The highest BCUT2D eigenvalue weighted by Crippen LogP contribution is 2.24. The zero-order valence-corrected chi connectivity index (χ0v) is 11.5. The van der Waals surface area contributed by atoms with Gasteiger partial charge in [-0.05, 0) is 38.8 Å². The average molecular weight is 268 g/mol. The van der Waals surface area contributed by atoms with Crippen molar-refractivity contribution in [3.05, 3.63) is 0 Å². The Labute approximate surface area is 114 Å². The van der Waals surface area contributed by atoms with Crippen LogP contribution in [0.3, 0.4) is 0 Å². The van der Waals surface area contributed by atoms with Crippen LogP contribution in [-0.2, 0) is 9.59 Å². The molecular formula is C14H24N2O3. The van der Waals surface area contributed by atoms with E-state index in [1.807, 2.05) is 0 Å². The van der Waals surface area contributed by atoms with Crippen molar-refractivity contribution in [3.63, 3.8) is 0 Å². The maximum absolute atomic E-state index is 12.3. The third-order valence-electron chi connectivity index (χ3n) is 4.23. The van der Waals surface area contributed by atoms with Gasteiger partial charge in [0.25, 0.3) is 0 Å². The van der Waals surface area contributed by atoms with Gasteiger partial charge in [0.15, 0.2) is 0 Å². The fourth-order valence-electron chi connectivity index (χ4n) is 3.19. The predicted octanol–water partition coefficient (Wildman–Crippen LogP) is 1.33. The highest BCUT2D eigenvalue weighted by molar-refractivity contribution is 5.81. The molecule has 0 spiro atoms. The fourth-order valence-corrected chi connectivity index (χ4v) is 3.19. The summed E-state index contributed by atoms with van der Waals surface area (Å²) in [4.78, 5) is 27.1. The first-order valence-corrected chi connectivity index (χ1v) is 7.40. The molecule has 1 amide bonds. The summed E-state index contributed by atoms with van der Waals surface area (Å²) in [5, 5.41) is 8.97. The van der Waals surface area contributed by atoms with E-state index >= 15 is 0 Å². The summed E-state index contributed by atoms with van der Waals surface area (Å²) in [6, 6.07) is 0.155. The normalized spacial score (nSPS) is 20.8. The van der Waals surface area contributed by atoms with Gasteiger partial charge in [0, 0.05) is 19.0 Å². The SMILES string of the molecule is O=C(O)CN(C(=O)CCN1CCCC1)C1CCCC1. The lowest BCUT2D eigenvalue weighted by Gasteiger charge is -2.28. The minimum atomic E-state index is -0.901. The van der Waals surface area contributed by atoms with E-state index in [4.69, 9.17) is 5.11 Å². The molecule has 0 aromatic rings. The summed E-state index contributed by atoms with van der Waals surface area (Å²) in [7, 11) is 0. The van der Waals surface area contributed by atoms with Crippen molar-refractivity contribution >= 4 is 11.9 Å². The maximum Gasteiger partial charge on any atom is 0.323 e. The lowest BCUT2D eigenvalue weighted by Crippen LogP contribution is -2.43. The zero-order valence-electron chi connectivity index (χ0n) is 11.5. The number of hydrogen-bond acceptors (Lipinski definition) is 3. The molecule has 0 unspecified atom stereocenters. The Hall–Kier alpha value is -1.10. The third kappa shape index (κ3) is 4.20. The van der Waals surface area contributed by atoms with Crippen molar-refractivity contribution < 1.29 is 14.7 Å². The van der Waals surface area contributed by atoms with E-state index in [2.05, 4.69) is 4.90 Å². The van der Waals surface area contributed by atoms with E-state index in [0.29, 0.717) is 6.42 Å². The first-order chi connectivity index (χ1) is 9.16. The Balaban J connectivity index is 1.84. The van der Waals surface area contributed by atoms with Crippen LogP contribution in [0.1, 0.15) is 44.9 Å². The molecule has 1 N–H and O–H groups in total. The van der Waals surface area contributed by atoms with Crippen LogP contribution >= 0.6 is 0 Å². The van der Waals surface area contributed by atoms with Gasteiger partial charge in [-0.1, -0.05) is 12.8 Å². The number of likely N-dealkylation sites (tertiary alicyclic amines) is 1. The number of carboxylic acids is 1. The van der Waals surface area contributed by atoms with Gasteiger partial charge in [0.05, 0.1) is 0 Å². The second-order valence-corrected chi connectivity index (χ2v) is 5.65. The van der Waals surface area contributed by atoms with Gasteiger partial charge < -0.3 is 14.9 Å². The molecule has 19 heavy (non-hydrogen) atoms. The van der Waals surface area contributed by atoms with E-state index in [-0.39, 0.29) is 18.5 Å². The lowest BCUT2D eigenvalue weighted by molar-refractivity contribution is -0.146. The van der Waals surface area contributed by atoms with Crippen LogP contribution in [0.25, 0.3) is 0 Å². The van der Waals surface area contributed by atoms with Gasteiger partial charge in [-0.2, -0.15) is 0 Å². The van der Waals surface area contributed by atoms with E-state index in [0.717, 1.165) is 45.3 Å². The minimum absolute atomic E-state index is 0.0150. The molecule has 0 aromatic heterocycles. The number of hydrogen-bond donors (Lipinski definition) is 1. The second-order valence-electron chi connectivity index (χ2n) is 5.65. The van der Waals surface area contributed by atoms with E-state index in [1.54, 1.807) is 4.90 Å². The summed E-state index contributed by atoms with van der Waals surface area (Å²) >= 11 is 0. The molecule has 2 rings (SSSR count). The van der Waals surface area contributed by atoms with Gasteiger partial charge in [-0.25, -0.2) is 0 Å². The van der Waals surface area contributed by atoms with Crippen molar-refractivity contribution in [2.75, 3.05) is 26.2 Å². The Morgan fingerprint density at radius 2 is 1.74 bits per heavy atom. The summed E-state index contributed by atoms with van der Waals surface area (Å²) < 4.78 is 0. The molecule has 0 bridgehead atoms. The molecule has 1 aliphatic heterocycles. The monoisotopic (exact) mass is 268 g/mol. The van der Waals surface area contributed by atoms with E-state index < -0.39 is 5.97 Å². The first-order valence-electron chi connectivity index (χ1n) is 7.40. The molecule has 1 heterocycles. The molecule has 1 aliphatic carbocycles. The summed E-state index contributed by atoms with van der Waals surface area (Å²) in [5.74, 6) is -0.886. The number of carbonyl (C=O) groups excluding carboxylic acids is 1. The van der Waals surface area contributed by atoms with E-state index in [1.165, 1.54) is 12.8 Å². The van der Waals surface area contributed by atoms with Gasteiger partial charge in [0.2, 0.25) is 5.91 Å². The van der Waals surface area contributed by atoms with Crippen LogP contribution in [0.4, 0.5) is 0 Å². The second kappa shape index (κ2) is 6.89. The van der Waals surface area contributed by atoms with Crippen molar-refractivity contribution in [2.45, 2.75) is 51.0 Å². The molecular weight excluding hydrogens is 244 g/mol. The quantitative estimate of drug-likeness (QED) is 0.789. The van der Waals surface area contributed by atoms with Gasteiger partial charge in [-0.3, -0.25) is 9.59 Å². The Morgan fingerprint density at radius 1 is 1.11 bits per heavy atom. The fraction of sp³-hybridized carbons (Fsp3) is 0.857. The molecule has 108 valence electrons. The Bertz CT molecular complexity index is 321. The maximum atomic E-state index is 12.3. The number of carboxylic acid groups (broad SMARTS) is 1. The molecule has 0 radical (unpaired) electrons. The van der Waals surface area contributed by atoms with Crippen LogP contribution in [0.15, 0.2) is 0 Å². The molecule has 0 aromatic carbocycles. The van der Waals surface area contributed by atoms with Crippen LogP contribution < -0.4 is 0 Å². The Kier molecular flexibility index (Phi) is 5.19. The zero-order chi connectivity index (χ0) is 13.7. The van der Waals surface area contributed by atoms with Gasteiger partial charge in [-0.15, -0.1) is 0 Å². The number of nitrogens with zero attached hydrogens (tertiary/aromatic N) is 2. The highest BCUT2D eigenvalue weighted by atomic mass is 16.4.